The van der Waals surface area contributed by atoms with Crippen molar-refractivity contribution in [1.82, 2.24) is 10.6 Å². The Hall–Kier alpha value is -2.16. The summed E-state index contributed by atoms with van der Waals surface area (Å²) < 4.78 is 0. The normalized spacial score (nSPS) is 11.9. The third kappa shape index (κ3) is 7.41. The van der Waals surface area contributed by atoms with Crippen LogP contribution in [0, 0.1) is 0 Å². The number of hydrogen-bond acceptors (Lipinski definition) is 2. The fraction of sp³-hybridized carbons (Fsp3) is 0.515. The highest BCUT2D eigenvalue weighted by Crippen LogP contribution is 2.36. The van der Waals surface area contributed by atoms with Crippen LogP contribution in [0.5, 0.6) is 0 Å². The van der Waals surface area contributed by atoms with E-state index in [1.54, 1.807) is 0 Å². The number of benzene rings is 4. The Labute approximate surface area is 213 Å². The average molecular weight is 471 g/mol. The van der Waals surface area contributed by atoms with Crippen LogP contribution in [0.1, 0.15) is 83.1 Å². The van der Waals surface area contributed by atoms with Crippen LogP contribution in [0.3, 0.4) is 0 Å². The quantitative estimate of drug-likeness (QED) is 0.112. The van der Waals surface area contributed by atoms with E-state index in [1.807, 2.05) is 0 Å². The van der Waals surface area contributed by atoms with Gasteiger partial charge >= 0.3 is 0 Å². The van der Waals surface area contributed by atoms with Gasteiger partial charge in [-0.2, -0.15) is 0 Å². The minimum Gasteiger partial charge on any atom is -0.317 e. The average Bonchev–Trinajstić information content (AvgIpc) is 2.89. The number of hydrogen-bond donors (Lipinski definition) is 2. The molecule has 4 aromatic rings. The monoisotopic (exact) mass is 470 g/mol. The molecule has 0 aliphatic carbocycles. The lowest BCUT2D eigenvalue weighted by Crippen LogP contribution is -2.19. The Kier molecular flexibility index (Phi) is 10.7. The van der Waals surface area contributed by atoms with Crippen LogP contribution in [0.4, 0.5) is 0 Å². The van der Waals surface area contributed by atoms with Crippen molar-refractivity contribution >= 4 is 32.3 Å². The number of aryl methyl sites for hydroxylation is 1. The molecule has 0 radical (unpaired) electrons. The van der Waals surface area contributed by atoms with Gasteiger partial charge in [-0.3, -0.25) is 0 Å². The van der Waals surface area contributed by atoms with Gasteiger partial charge in [0.15, 0.2) is 0 Å². The highest BCUT2D eigenvalue weighted by Gasteiger charge is 2.10. The van der Waals surface area contributed by atoms with Crippen molar-refractivity contribution in [2.24, 2.45) is 0 Å². The summed E-state index contributed by atoms with van der Waals surface area (Å²) >= 11 is 0. The van der Waals surface area contributed by atoms with E-state index in [0.29, 0.717) is 0 Å². The molecule has 0 fully saturated rings. The van der Waals surface area contributed by atoms with E-state index in [0.717, 1.165) is 13.1 Å². The standard InChI is InChI=1S/C33H46N2/c1-2-3-4-5-6-9-23-34-24-10-7-11-25-35-26-12-8-14-27-17-18-30-20-19-28-15-13-16-29-21-22-31(27)33(30)32(28)29/h13,15-22,34-35H,2-12,14,23-26H2,1H3. The van der Waals surface area contributed by atoms with Gasteiger partial charge in [-0.15, -0.1) is 0 Å². The predicted molar refractivity (Wildman–Crippen MR) is 156 cm³/mol. The Bertz CT molecular complexity index is 1120. The zero-order chi connectivity index (χ0) is 24.1. The zero-order valence-electron chi connectivity index (χ0n) is 22.0. The number of nitrogens with one attached hydrogen (secondary N) is 2. The van der Waals surface area contributed by atoms with E-state index in [-0.39, 0.29) is 0 Å². The van der Waals surface area contributed by atoms with Gasteiger partial charge in [0.25, 0.3) is 0 Å². The molecule has 2 nitrogen and oxygen atoms in total. The van der Waals surface area contributed by atoms with Gasteiger partial charge in [-0.05, 0) is 103 Å². The summed E-state index contributed by atoms with van der Waals surface area (Å²) in [5.41, 5.74) is 1.50. The second-order valence-corrected chi connectivity index (χ2v) is 10.4. The summed E-state index contributed by atoms with van der Waals surface area (Å²) in [7, 11) is 0. The summed E-state index contributed by atoms with van der Waals surface area (Å²) in [6.07, 6.45) is 15.9. The molecule has 2 N–H and O–H groups in total. The molecule has 0 aliphatic heterocycles. The SMILES string of the molecule is CCCCCCCCNCCCCCNCCCCc1ccc2ccc3cccc4ccc1c2c34. The Morgan fingerprint density at radius 1 is 0.486 bits per heavy atom. The van der Waals surface area contributed by atoms with Crippen molar-refractivity contribution < 1.29 is 0 Å². The molecule has 0 saturated heterocycles. The van der Waals surface area contributed by atoms with Gasteiger partial charge in [-0.25, -0.2) is 0 Å². The lowest BCUT2D eigenvalue weighted by atomic mass is 9.90. The van der Waals surface area contributed by atoms with Gasteiger partial charge in [-0.1, -0.05) is 100 Å². The lowest BCUT2D eigenvalue weighted by molar-refractivity contribution is 0.540. The van der Waals surface area contributed by atoms with E-state index in [9.17, 15) is 0 Å². The Morgan fingerprint density at radius 3 is 1.69 bits per heavy atom. The summed E-state index contributed by atoms with van der Waals surface area (Å²) in [6, 6.07) is 20.5. The van der Waals surface area contributed by atoms with Crippen molar-refractivity contribution in [2.45, 2.75) is 84.0 Å². The molecule has 0 bridgehead atoms. The van der Waals surface area contributed by atoms with E-state index in [1.165, 1.54) is 128 Å². The molecule has 4 rings (SSSR count). The molecule has 0 amide bonds. The Morgan fingerprint density at radius 2 is 1.00 bits per heavy atom. The van der Waals surface area contributed by atoms with Crippen LogP contribution in [0.15, 0.2) is 54.6 Å². The first kappa shape index (κ1) is 25.9. The summed E-state index contributed by atoms with van der Waals surface area (Å²) in [5, 5.41) is 15.7. The summed E-state index contributed by atoms with van der Waals surface area (Å²) in [4.78, 5) is 0. The largest absolute Gasteiger partial charge is 0.317 e. The third-order valence-electron chi connectivity index (χ3n) is 7.58. The van der Waals surface area contributed by atoms with Crippen molar-refractivity contribution in [3.05, 3.63) is 60.2 Å². The minimum absolute atomic E-state index is 1.14. The molecular weight excluding hydrogens is 424 g/mol. The molecule has 0 heterocycles. The maximum absolute atomic E-state index is 3.66. The molecule has 0 spiro atoms. The minimum atomic E-state index is 1.14. The molecule has 0 unspecified atom stereocenters. The molecular formula is C33H46N2. The van der Waals surface area contributed by atoms with Crippen LogP contribution in [0.2, 0.25) is 0 Å². The molecule has 4 aromatic carbocycles. The first-order chi connectivity index (χ1) is 17.4. The predicted octanol–water partition coefficient (Wildman–Crippen LogP) is 8.62. The molecule has 0 atom stereocenters. The highest BCUT2D eigenvalue weighted by atomic mass is 14.8. The zero-order valence-corrected chi connectivity index (χ0v) is 22.0. The smallest absolute Gasteiger partial charge is 0.00240 e. The maximum atomic E-state index is 3.66. The summed E-state index contributed by atoms with van der Waals surface area (Å²) in [6.45, 7) is 6.98. The number of unbranched alkanes of at least 4 members (excludes halogenated alkanes) is 8. The van der Waals surface area contributed by atoms with Gasteiger partial charge in [0.1, 0.15) is 0 Å². The molecule has 2 heteroatoms. The van der Waals surface area contributed by atoms with Crippen LogP contribution in [-0.4, -0.2) is 26.2 Å². The van der Waals surface area contributed by atoms with Crippen molar-refractivity contribution in [1.29, 1.82) is 0 Å². The number of rotatable bonds is 18. The van der Waals surface area contributed by atoms with Gasteiger partial charge in [0.05, 0.1) is 0 Å². The van der Waals surface area contributed by atoms with Crippen LogP contribution in [0.25, 0.3) is 32.3 Å². The van der Waals surface area contributed by atoms with Crippen molar-refractivity contribution in [3.8, 4) is 0 Å². The van der Waals surface area contributed by atoms with Gasteiger partial charge in [0, 0.05) is 0 Å². The van der Waals surface area contributed by atoms with Gasteiger partial charge < -0.3 is 10.6 Å². The molecule has 0 aromatic heterocycles. The topological polar surface area (TPSA) is 24.1 Å². The van der Waals surface area contributed by atoms with E-state index in [2.05, 4.69) is 72.2 Å². The van der Waals surface area contributed by atoms with Crippen molar-refractivity contribution in [2.75, 3.05) is 26.2 Å². The molecule has 188 valence electrons. The molecule has 0 saturated carbocycles. The lowest BCUT2D eigenvalue weighted by Gasteiger charge is -2.14. The molecule has 35 heavy (non-hydrogen) atoms. The maximum Gasteiger partial charge on any atom is -0.00240 e. The van der Waals surface area contributed by atoms with Crippen LogP contribution in [-0.2, 0) is 6.42 Å². The van der Waals surface area contributed by atoms with Crippen molar-refractivity contribution in [3.63, 3.8) is 0 Å². The summed E-state index contributed by atoms with van der Waals surface area (Å²) in [5.74, 6) is 0. The van der Waals surface area contributed by atoms with Gasteiger partial charge in [0.2, 0.25) is 0 Å². The second-order valence-electron chi connectivity index (χ2n) is 10.4. The van der Waals surface area contributed by atoms with E-state index >= 15 is 0 Å². The Balaban J connectivity index is 1.07. The van der Waals surface area contributed by atoms with Crippen LogP contribution < -0.4 is 10.6 Å². The first-order valence-corrected chi connectivity index (χ1v) is 14.5. The van der Waals surface area contributed by atoms with E-state index < -0.39 is 0 Å². The fourth-order valence-corrected chi connectivity index (χ4v) is 5.54. The second kappa shape index (κ2) is 14.4. The van der Waals surface area contributed by atoms with Crippen LogP contribution >= 0.6 is 0 Å². The highest BCUT2D eigenvalue weighted by molar-refractivity contribution is 6.23. The first-order valence-electron chi connectivity index (χ1n) is 14.5. The molecule has 0 aliphatic rings. The fourth-order valence-electron chi connectivity index (χ4n) is 5.54. The third-order valence-corrected chi connectivity index (χ3v) is 7.58. The van der Waals surface area contributed by atoms with E-state index in [4.69, 9.17) is 0 Å².